The number of carbonyl (C=O) groups is 1. The third kappa shape index (κ3) is 4.57. The smallest absolute Gasteiger partial charge is 0.247 e. The van der Waals surface area contributed by atoms with E-state index in [1.807, 2.05) is 38.1 Å². The van der Waals surface area contributed by atoms with Gasteiger partial charge in [0.2, 0.25) is 15.9 Å². The number of sulfonamides is 1. The molecule has 0 radical (unpaired) electrons. The Morgan fingerprint density at radius 3 is 2.32 bits per heavy atom. The minimum Gasteiger partial charge on any atom is -0.326 e. The Bertz CT molecular complexity index is 765. The molecule has 0 unspecified atom stereocenters. The monoisotopic (exact) mass is 356 g/mol. The SMILES string of the molecule is CC(C)C(=O)Nc1ccc(Sc2ccc(S(N)(=O)=O)s2)cc1. The fourth-order valence-electron chi connectivity index (χ4n) is 1.52. The average Bonchev–Trinajstić information content (AvgIpc) is 2.89. The van der Waals surface area contributed by atoms with E-state index in [0.29, 0.717) is 0 Å². The van der Waals surface area contributed by atoms with Crippen LogP contribution in [0.15, 0.2) is 49.7 Å². The second-order valence-corrected chi connectivity index (χ2v) is 9.13. The molecule has 1 aromatic carbocycles. The van der Waals surface area contributed by atoms with E-state index in [4.69, 9.17) is 5.14 Å². The molecule has 2 aromatic rings. The summed E-state index contributed by atoms with van der Waals surface area (Å²) in [4.78, 5) is 12.6. The third-order valence-electron chi connectivity index (χ3n) is 2.70. The lowest BCUT2D eigenvalue weighted by atomic mass is 10.2. The van der Waals surface area contributed by atoms with Crippen LogP contribution in [-0.2, 0) is 14.8 Å². The van der Waals surface area contributed by atoms with Crippen LogP contribution >= 0.6 is 23.1 Å². The van der Waals surface area contributed by atoms with Crippen LogP contribution in [0.4, 0.5) is 5.69 Å². The summed E-state index contributed by atoms with van der Waals surface area (Å²) in [6.07, 6.45) is 0. The molecule has 2 rings (SSSR count). The molecule has 0 saturated carbocycles. The van der Waals surface area contributed by atoms with Gasteiger partial charge in [0.15, 0.2) is 0 Å². The van der Waals surface area contributed by atoms with Crippen LogP contribution < -0.4 is 10.5 Å². The Kier molecular flexibility index (Phi) is 5.28. The van der Waals surface area contributed by atoms with Gasteiger partial charge in [-0.1, -0.05) is 25.6 Å². The minimum atomic E-state index is -3.64. The Morgan fingerprint density at radius 2 is 1.82 bits per heavy atom. The fourth-order valence-corrected chi connectivity index (χ4v) is 4.51. The van der Waals surface area contributed by atoms with Gasteiger partial charge in [-0.25, -0.2) is 13.6 Å². The molecule has 5 nitrogen and oxygen atoms in total. The normalized spacial score (nSPS) is 11.6. The van der Waals surface area contributed by atoms with Crippen molar-refractivity contribution in [2.45, 2.75) is 27.2 Å². The summed E-state index contributed by atoms with van der Waals surface area (Å²) in [6.45, 7) is 3.67. The number of amides is 1. The zero-order valence-electron chi connectivity index (χ0n) is 12.1. The second-order valence-electron chi connectivity index (χ2n) is 4.89. The third-order valence-corrected chi connectivity index (χ3v) is 6.37. The van der Waals surface area contributed by atoms with E-state index in [1.165, 1.54) is 17.8 Å². The highest BCUT2D eigenvalue weighted by atomic mass is 32.3. The zero-order chi connectivity index (χ0) is 16.3. The topological polar surface area (TPSA) is 89.3 Å². The Labute approximate surface area is 138 Å². The second kappa shape index (κ2) is 6.82. The molecule has 118 valence electrons. The Morgan fingerprint density at radius 1 is 1.18 bits per heavy atom. The fraction of sp³-hybridized carbons (Fsp3) is 0.214. The lowest BCUT2D eigenvalue weighted by Gasteiger charge is -2.08. The summed E-state index contributed by atoms with van der Waals surface area (Å²) in [6, 6.07) is 10.6. The number of rotatable bonds is 5. The minimum absolute atomic E-state index is 0.0311. The number of hydrogen-bond donors (Lipinski definition) is 2. The van der Waals surface area contributed by atoms with Gasteiger partial charge in [-0.2, -0.15) is 0 Å². The molecule has 1 aromatic heterocycles. The molecule has 0 fully saturated rings. The maximum absolute atomic E-state index is 11.6. The Balaban J connectivity index is 2.05. The van der Waals surface area contributed by atoms with E-state index in [2.05, 4.69) is 5.32 Å². The van der Waals surface area contributed by atoms with Crippen molar-refractivity contribution in [3.63, 3.8) is 0 Å². The lowest BCUT2D eigenvalue weighted by molar-refractivity contribution is -0.118. The van der Waals surface area contributed by atoms with Crippen molar-refractivity contribution >= 4 is 44.7 Å². The molecule has 0 bridgehead atoms. The molecule has 0 aliphatic heterocycles. The van der Waals surface area contributed by atoms with Gasteiger partial charge in [-0.05, 0) is 36.4 Å². The number of primary sulfonamides is 1. The van der Waals surface area contributed by atoms with E-state index in [9.17, 15) is 13.2 Å². The van der Waals surface area contributed by atoms with Gasteiger partial charge in [0.1, 0.15) is 4.21 Å². The summed E-state index contributed by atoms with van der Waals surface area (Å²) >= 11 is 2.58. The van der Waals surface area contributed by atoms with Gasteiger partial charge < -0.3 is 5.32 Å². The summed E-state index contributed by atoms with van der Waals surface area (Å²) in [5.74, 6) is -0.103. The molecule has 0 spiro atoms. The van der Waals surface area contributed by atoms with Crippen molar-refractivity contribution in [3.8, 4) is 0 Å². The molecular formula is C14H16N2O3S3. The van der Waals surface area contributed by atoms with Gasteiger partial charge in [-0.15, -0.1) is 11.3 Å². The van der Waals surface area contributed by atoms with Crippen LogP contribution in [0.1, 0.15) is 13.8 Å². The molecule has 0 saturated heterocycles. The summed E-state index contributed by atoms with van der Waals surface area (Å²) in [5, 5.41) is 7.90. The van der Waals surface area contributed by atoms with Crippen LogP contribution in [0.25, 0.3) is 0 Å². The predicted molar refractivity (Wildman–Crippen MR) is 89.7 cm³/mol. The largest absolute Gasteiger partial charge is 0.326 e. The van der Waals surface area contributed by atoms with Crippen molar-refractivity contribution in [1.29, 1.82) is 0 Å². The number of thiophene rings is 1. The van der Waals surface area contributed by atoms with Gasteiger partial charge >= 0.3 is 0 Å². The van der Waals surface area contributed by atoms with Crippen LogP contribution in [-0.4, -0.2) is 14.3 Å². The first-order valence-corrected chi connectivity index (χ1v) is 9.65. The highest BCUT2D eigenvalue weighted by Crippen LogP contribution is 2.35. The molecule has 8 heteroatoms. The van der Waals surface area contributed by atoms with Crippen LogP contribution in [0.2, 0.25) is 0 Å². The highest BCUT2D eigenvalue weighted by Gasteiger charge is 2.12. The maximum atomic E-state index is 11.6. The summed E-state index contributed by atoms with van der Waals surface area (Å²) in [5.41, 5.74) is 0.736. The predicted octanol–water partition coefficient (Wildman–Crippen LogP) is 3.14. The van der Waals surface area contributed by atoms with E-state index in [1.54, 1.807) is 6.07 Å². The van der Waals surface area contributed by atoms with Crippen molar-refractivity contribution in [3.05, 3.63) is 36.4 Å². The zero-order valence-corrected chi connectivity index (χ0v) is 14.5. The molecule has 0 atom stereocenters. The molecule has 22 heavy (non-hydrogen) atoms. The first kappa shape index (κ1) is 17.0. The van der Waals surface area contributed by atoms with Gasteiger partial charge in [0, 0.05) is 16.5 Å². The lowest BCUT2D eigenvalue weighted by Crippen LogP contribution is -2.17. The first-order valence-electron chi connectivity index (χ1n) is 6.47. The number of benzene rings is 1. The van der Waals surface area contributed by atoms with Gasteiger partial charge in [-0.3, -0.25) is 4.79 Å². The molecule has 0 aliphatic rings. The quantitative estimate of drug-likeness (QED) is 0.861. The van der Waals surface area contributed by atoms with Crippen molar-refractivity contribution in [1.82, 2.24) is 0 Å². The van der Waals surface area contributed by atoms with E-state index >= 15 is 0 Å². The highest BCUT2D eigenvalue weighted by molar-refractivity contribution is 8.01. The van der Waals surface area contributed by atoms with Crippen LogP contribution in [0, 0.1) is 5.92 Å². The van der Waals surface area contributed by atoms with Gasteiger partial charge in [0.25, 0.3) is 0 Å². The average molecular weight is 356 g/mol. The molecule has 0 aliphatic carbocycles. The summed E-state index contributed by atoms with van der Waals surface area (Å²) in [7, 11) is -3.64. The van der Waals surface area contributed by atoms with Gasteiger partial charge in [0.05, 0.1) is 4.21 Å². The number of nitrogens with one attached hydrogen (secondary N) is 1. The van der Waals surface area contributed by atoms with Crippen molar-refractivity contribution < 1.29 is 13.2 Å². The van der Waals surface area contributed by atoms with Crippen LogP contribution in [0.3, 0.4) is 0 Å². The van der Waals surface area contributed by atoms with Crippen molar-refractivity contribution in [2.75, 3.05) is 5.32 Å². The maximum Gasteiger partial charge on any atom is 0.247 e. The standard InChI is InChI=1S/C14H16N2O3S3/c1-9(2)14(17)16-10-3-5-11(6-4-10)20-12-7-8-13(21-12)22(15,18)19/h3-9H,1-2H3,(H,16,17)(H2,15,18,19). The van der Waals surface area contributed by atoms with E-state index in [0.717, 1.165) is 26.1 Å². The number of nitrogens with two attached hydrogens (primary N) is 1. The van der Waals surface area contributed by atoms with E-state index < -0.39 is 10.0 Å². The molecular weight excluding hydrogens is 340 g/mol. The van der Waals surface area contributed by atoms with Crippen LogP contribution in [0.5, 0.6) is 0 Å². The summed E-state index contributed by atoms with van der Waals surface area (Å²) < 4.78 is 23.5. The molecule has 1 heterocycles. The number of anilines is 1. The van der Waals surface area contributed by atoms with Crippen molar-refractivity contribution in [2.24, 2.45) is 11.1 Å². The number of hydrogen-bond acceptors (Lipinski definition) is 5. The molecule has 3 N–H and O–H groups in total. The Hall–Kier alpha value is -1.35. The molecule has 1 amide bonds. The van der Waals surface area contributed by atoms with E-state index in [-0.39, 0.29) is 16.0 Å². The first-order chi connectivity index (χ1) is 10.3. The number of carbonyl (C=O) groups excluding carboxylic acids is 1.